The number of aliphatic hydroxyl groups is 1. The first-order valence-electron chi connectivity index (χ1n) is 19.5. The summed E-state index contributed by atoms with van der Waals surface area (Å²) in [5.74, 6) is 2.41. The average molecular weight is 914 g/mol. The fourth-order valence-electron chi connectivity index (χ4n) is 7.44. The zero-order chi connectivity index (χ0) is 38.2. The molecule has 2 N–H and O–H groups in total. The number of carbonyl (C=O) groups is 1. The molecule has 2 atom stereocenters. The number of hydrogen-bond acceptors (Lipinski definition) is 6. The smallest absolute Gasteiger partial charge is 0.164 e. The van der Waals surface area contributed by atoms with Crippen molar-refractivity contribution in [3.8, 4) is 5.75 Å². The number of aliphatic hydroxyl groups excluding tert-OH is 1. The van der Waals surface area contributed by atoms with Crippen LogP contribution in [0.25, 0.3) is 20.9 Å². The second-order valence-electron chi connectivity index (χ2n) is 16.9. The van der Waals surface area contributed by atoms with Gasteiger partial charge in [-0.1, -0.05) is 111 Å². The molecule has 0 saturated carbocycles. The largest absolute Gasteiger partial charge is 0.512 e. The van der Waals surface area contributed by atoms with Gasteiger partial charge in [-0.25, -0.2) is 0 Å². The summed E-state index contributed by atoms with van der Waals surface area (Å²) in [6.45, 7) is 26.3. The van der Waals surface area contributed by atoms with Crippen molar-refractivity contribution in [2.45, 2.75) is 133 Å². The summed E-state index contributed by atoms with van der Waals surface area (Å²) in [6, 6.07) is 19.2. The van der Waals surface area contributed by atoms with Crippen LogP contribution in [0.15, 0.2) is 59.3 Å². The number of nitrogens with zero attached hydrogens (tertiary/aromatic N) is 1. The van der Waals surface area contributed by atoms with E-state index in [9.17, 15) is 9.90 Å². The minimum atomic E-state index is -0.337. The number of nitrogens with one attached hydrogen (secondary N) is 1. The van der Waals surface area contributed by atoms with Crippen LogP contribution in [0.3, 0.4) is 0 Å². The third-order valence-electron chi connectivity index (χ3n) is 12.0. The predicted octanol–water partition coefficient (Wildman–Crippen LogP) is 12.9. The number of benzene rings is 3. The maximum absolute atomic E-state index is 12.2. The van der Waals surface area contributed by atoms with Gasteiger partial charge in [0.15, 0.2) is 5.78 Å². The Morgan fingerprint density at radius 1 is 1.02 bits per heavy atom. The van der Waals surface area contributed by atoms with Gasteiger partial charge in [-0.15, -0.1) is 40.5 Å². The summed E-state index contributed by atoms with van der Waals surface area (Å²) < 4.78 is 7.86. The van der Waals surface area contributed by atoms with Crippen molar-refractivity contribution < 1.29 is 34.7 Å². The van der Waals surface area contributed by atoms with E-state index < -0.39 is 0 Å². The molecule has 3 heterocycles. The van der Waals surface area contributed by atoms with Crippen LogP contribution in [-0.4, -0.2) is 29.4 Å². The molecule has 0 bridgehead atoms. The summed E-state index contributed by atoms with van der Waals surface area (Å²) in [6.07, 6.45) is 6.08. The fraction of sp³-hybridized carbons (Fsp3) is 0.522. The Bertz CT molecular complexity index is 1990. The minimum absolute atomic E-state index is 0. The van der Waals surface area contributed by atoms with E-state index in [2.05, 4.69) is 95.4 Å². The number of carbonyl (C=O) groups excluding carboxylic acids is 1. The Balaban J connectivity index is 0.000000299. The molecule has 1 aromatic heterocycles. The van der Waals surface area contributed by atoms with Crippen LogP contribution in [0.4, 0.5) is 5.00 Å². The van der Waals surface area contributed by atoms with Gasteiger partial charge >= 0.3 is 0 Å². The van der Waals surface area contributed by atoms with Gasteiger partial charge in [0.2, 0.25) is 0 Å². The van der Waals surface area contributed by atoms with Gasteiger partial charge in [-0.3, -0.25) is 4.79 Å². The molecule has 0 spiro atoms. The van der Waals surface area contributed by atoms with Gasteiger partial charge in [0.1, 0.15) is 24.3 Å². The predicted molar refractivity (Wildman–Crippen MR) is 223 cm³/mol. The van der Waals surface area contributed by atoms with Crippen molar-refractivity contribution in [3.05, 3.63) is 82.6 Å². The first kappa shape index (κ1) is 42.7. The van der Waals surface area contributed by atoms with Gasteiger partial charge in [-0.2, -0.15) is 0 Å². The molecule has 0 amide bonds. The Kier molecular flexibility index (Phi) is 13.5. The summed E-state index contributed by atoms with van der Waals surface area (Å²) in [5, 5.41) is 18.5. The minimum Gasteiger partial charge on any atom is -0.512 e. The maximum atomic E-state index is 12.2. The van der Waals surface area contributed by atoms with Crippen LogP contribution in [0.5, 0.6) is 5.75 Å². The SMILES string of the molecule is CC(C)CC1c2ccc3sc4c(c3c2OC1C)C(c1[c-]c2ccccc2c(C(C)(C)C)c1)=NCN4.CCC(C)(CC)C(=O)/C=C(\O)C(C)(CC)CC.[Ir]. The molecule has 5 nitrogen and oxygen atoms in total. The molecule has 2 aliphatic rings. The molecule has 3 aromatic carbocycles. The second kappa shape index (κ2) is 16.8. The van der Waals surface area contributed by atoms with E-state index in [0.29, 0.717) is 18.5 Å². The third-order valence-corrected chi connectivity index (χ3v) is 13.1. The molecule has 53 heavy (non-hydrogen) atoms. The molecule has 0 saturated heterocycles. The normalized spacial score (nSPS) is 17.3. The number of ketones is 1. The van der Waals surface area contributed by atoms with Gasteiger partial charge in [0, 0.05) is 69.9 Å². The van der Waals surface area contributed by atoms with E-state index in [-0.39, 0.29) is 54.0 Å². The van der Waals surface area contributed by atoms with E-state index in [1.807, 2.05) is 52.9 Å². The Morgan fingerprint density at radius 3 is 2.26 bits per heavy atom. The molecule has 4 aromatic rings. The van der Waals surface area contributed by atoms with Gasteiger partial charge in [-0.05, 0) is 56.4 Å². The molecule has 1 radical (unpaired) electrons. The van der Waals surface area contributed by atoms with Crippen LogP contribution in [0.1, 0.15) is 143 Å². The van der Waals surface area contributed by atoms with Crippen LogP contribution in [0, 0.1) is 22.8 Å². The Labute approximate surface area is 336 Å². The van der Waals surface area contributed by atoms with E-state index in [1.165, 1.54) is 43.2 Å². The Morgan fingerprint density at radius 2 is 1.66 bits per heavy atom. The molecule has 6 rings (SSSR count). The number of anilines is 1. The van der Waals surface area contributed by atoms with Crippen LogP contribution >= 0.6 is 11.3 Å². The number of allylic oxidation sites excluding steroid dienone is 2. The van der Waals surface area contributed by atoms with Crippen molar-refractivity contribution in [2.24, 2.45) is 21.7 Å². The molecule has 2 aliphatic heterocycles. The number of ether oxygens (including phenoxy) is 1. The zero-order valence-electron chi connectivity index (χ0n) is 34.0. The summed E-state index contributed by atoms with van der Waals surface area (Å²) >= 11 is 1.81. The van der Waals surface area contributed by atoms with Crippen molar-refractivity contribution in [1.82, 2.24) is 0 Å². The van der Waals surface area contributed by atoms with Gasteiger partial charge < -0.3 is 20.2 Å². The van der Waals surface area contributed by atoms with Crippen LogP contribution in [0.2, 0.25) is 0 Å². The molecule has 0 fully saturated rings. The topological polar surface area (TPSA) is 70.9 Å². The van der Waals surface area contributed by atoms with Crippen LogP contribution < -0.4 is 10.1 Å². The van der Waals surface area contributed by atoms with E-state index in [4.69, 9.17) is 9.73 Å². The molecule has 0 aliphatic carbocycles. The number of aliphatic imine (C=N–C) groups is 1. The van der Waals surface area contributed by atoms with Gasteiger partial charge in [0.25, 0.3) is 0 Å². The number of thiophene rings is 1. The average Bonchev–Trinajstić information content (AvgIpc) is 3.66. The van der Waals surface area contributed by atoms with E-state index in [1.54, 1.807) is 0 Å². The Hall–Kier alpha value is -2.99. The first-order chi connectivity index (χ1) is 24.5. The van der Waals surface area contributed by atoms with Crippen molar-refractivity contribution >= 4 is 48.7 Å². The van der Waals surface area contributed by atoms with Crippen molar-refractivity contribution in [1.29, 1.82) is 0 Å². The first-order valence-corrected chi connectivity index (χ1v) is 20.3. The number of fused-ring (bicyclic) bond motifs is 6. The van der Waals surface area contributed by atoms with E-state index in [0.717, 1.165) is 54.5 Å². The van der Waals surface area contributed by atoms with Crippen LogP contribution in [-0.2, 0) is 30.3 Å². The summed E-state index contributed by atoms with van der Waals surface area (Å²) in [5.41, 5.74) is 5.36. The summed E-state index contributed by atoms with van der Waals surface area (Å²) in [4.78, 5) is 17.2. The molecular formula is C46H61IrN2O3S-. The quantitative estimate of drug-likeness (QED) is 0.0945. The second-order valence-corrected chi connectivity index (χ2v) is 17.9. The molecule has 289 valence electrons. The molecule has 2 unspecified atom stereocenters. The number of rotatable bonds is 10. The van der Waals surface area contributed by atoms with Gasteiger partial charge in [0.05, 0.1) is 5.00 Å². The standard InChI is InChI=1S/C31H33N2OS.C15H28O2.Ir/c1-17(2)13-23-18(3)34-29-22(23)11-12-25-26(29)27-28(32-16-33-30(27)35-25)20-14-19-9-7-8-10-21(19)24(15-20)31(4,5)6;1-7-14(5,8-2)12(16)11-13(17)15(6,9-3)10-4;/h7-12,15,17-18,23,33H,13,16H2,1-6H3;11,16H,7-10H2,1-6H3;/q-1;;/b;12-11-;. The third kappa shape index (κ3) is 8.48. The van der Waals surface area contributed by atoms with Crippen molar-refractivity contribution in [2.75, 3.05) is 12.0 Å². The summed E-state index contributed by atoms with van der Waals surface area (Å²) in [7, 11) is 0. The zero-order valence-corrected chi connectivity index (χ0v) is 37.3. The maximum Gasteiger partial charge on any atom is 0.164 e. The monoisotopic (exact) mass is 914 g/mol. The number of hydrogen-bond donors (Lipinski definition) is 2. The molecule has 7 heteroatoms. The van der Waals surface area contributed by atoms with E-state index >= 15 is 0 Å². The van der Waals surface area contributed by atoms with Crippen molar-refractivity contribution in [3.63, 3.8) is 0 Å². The molecular weight excluding hydrogens is 853 g/mol. The fourth-order valence-corrected chi connectivity index (χ4v) is 8.54.